The van der Waals surface area contributed by atoms with Crippen LogP contribution in [0.5, 0.6) is 0 Å². The molecule has 0 aliphatic carbocycles. The van der Waals surface area contributed by atoms with Crippen LogP contribution in [0.4, 0.5) is 0 Å². The minimum absolute atomic E-state index is 0. The maximum absolute atomic E-state index is 4.87. The molecule has 2 rings (SSSR count). The fraction of sp³-hybridized carbons (Fsp3) is 0.609. The van der Waals surface area contributed by atoms with E-state index in [4.69, 9.17) is 4.99 Å². The third-order valence-corrected chi connectivity index (χ3v) is 5.26. The quantitative estimate of drug-likeness (QED) is 0.257. The molecule has 0 aliphatic rings. The summed E-state index contributed by atoms with van der Waals surface area (Å²) in [5.74, 6) is 1.84. The number of benzene rings is 1. The van der Waals surface area contributed by atoms with E-state index in [1.54, 1.807) is 6.33 Å². The summed E-state index contributed by atoms with van der Waals surface area (Å²) in [6, 6.07) is 11.6. The van der Waals surface area contributed by atoms with Crippen molar-refractivity contribution < 1.29 is 0 Å². The molecule has 0 bridgehead atoms. The first-order valence-electron chi connectivity index (χ1n) is 11.1. The zero-order chi connectivity index (χ0) is 21.9. The molecule has 2 N–H and O–H groups in total. The van der Waals surface area contributed by atoms with Crippen LogP contribution in [-0.2, 0) is 13.0 Å². The number of rotatable bonds is 11. The van der Waals surface area contributed by atoms with Crippen molar-refractivity contribution in [3.05, 3.63) is 48.0 Å². The van der Waals surface area contributed by atoms with Gasteiger partial charge in [0.25, 0.3) is 0 Å². The molecule has 0 fully saturated rings. The second-order valence-electron chi connectivity index (χ2n) is 8.15. The van der Waals surface area contributed by atoms with Crippen molar-refractivity contribution in [1.29, 1.82) is 0 Å². The fourth-order valence-corrected chi connectivity index (χ4v) is 3.61. The Morgan fingerprint density at radius 2 is 1.77 bits per heavy atom. The second-order valence-corrected chi connectivity index (χ2v) is 8.15. The number of hydrogen-bond acceptors (Lipinski definition) is 4. The van der Waals surface area contributed by atoms with Gasteiger partial charge < -0.3 is 15.2 Å². The van der Waals surface area contributed by atoms with E-state index in [1.165, 1.54) is 5.56 Å². The number of nitrogens with zero attached hydrogens (tertiary/aromatic N) is 5. The van der Waals surface area contributed by atoms with Crippen LogP contribution >= 0.6 is 24.0 Å². The van der Waals surface area contributed by atoms with E-state index in [0.717, 1.165) is 44.4 Å². The summed E-state index contributed by atoms with van der Waals surface area (Å²) in [5, 5.41) is 15.2. The van der Waals surface area contributed by atoms with E-state index >= 15 is 0 Å². The van der Waals surface area contributed by atoms with Gasteiger partial charge in [-0.15, -0.1) is 34.2 Å². The minimum atomic E-state index is 0. The predicted octanol–water partition coefficient (Wildman–Crippen LogP) is 3.87. The van der Waals surface area contributed by atoms with Crippen molar-refractivity contribution in [2.45, 2.75) is 72.6 Å². The molecule has 1 aromatic carbocycles. The zero-order valence-electron chi connectivity index (χ0n) is 19.9. The summed E-state index contributed by atoms with van der Waals surface area (Å²) in [5.41, 5.74) is 1.24. The Kier molecular flexibility index (Phi) is 12.7. The summed E-state index contributed by atoms with van der Waals surface area (Å²) in [6.07, 6.45) is 2.67. The molecule has 1 atom stereocenters. The molecular weight excluding hydrogens is 501 g/mol. The van der Waals surface area contributed by atoms with Crippen LogP contribution in [0.1, 0.15) is 59.0 Å². The predicted molar refractivity (Wildman–Crippen MR) is 140 cm³/mol. The number of hydrogen-bond donors (Lipinski definition) is 2. The van der Waals surface area contributed by atoms with Gasteiger partial charge in [-0.25, -0.2) is 0 Å². The van der Waals surface area contributed by atoms with E-state index in [2.05, 4.69) is 96.1 Å². The van der Waals surface area contributed by atoms with Gasteiger partial charge in [-0.2, -0.15) is 0 Å². The minimum Gasteiger partial charge on any atom is -0.355 e. The number of nitrogens with one attached hydrogen (secondary N) is 2. The molecule has 0 aliphatic heterocycles. The monoisotopic (exact) mass is 541 g/mol. The molecule has 1 aromatic heterocycles. The van der Waals surface area contributed by atoms with Gasteiger partial charge in [0.1, 0.15) is 12.2 Å². The molecule has 0 spiro atoms. The summed E-state index contributed by atoms with van der Waals surface area (Å²) in [6.45, 7) is 16.5. The number of guanidine groups is 1. The third-order valence-electron chi connectivity index (χ3n) is 5.26. The van der Waals surface area contributed by atoms with Crippen molar-refractivity contribution in [3.63, 3.8) is 0 Å². The van der Waals surface area contributed by atoms with Crippen LogP contribution in [0.3, 0.4) is 0 Å². The molecule has 2 aromatic rings. The molecular formula is C23H40IN7. The van der Waals surface area contributed by atoms with E-state index in [0.29, 0.717) is 12.1 Å². The van der Waals surface area contributed by atoms with Gasteiger partial charge in [0.2, 0.25) is 0 Å². The number of aliphatic imine (C=N–C) groups is 1. The Bertz CT molecular complexity index is 750. The molecule has 0 amide bonds. The highest BCUT2D eigenvalue weighted by molar-refractivity contribution is 14.0. The van der Waals surface area contributed by atoms with Gasteiger partial charge in [0, 0.05) is 38.1 Å². The Labute approximate surface area is 205 Å². The van der Waals surface area contributed by atoms with Gasteiger partial charge in [-0.05, 0) is 40.2 Å². The van der Waals surface area contributed by atoms with E-state index in [9.17, 15) is 0 Å². The van der Waals surface area contributed by atoms with Crippen molar-refractivity contribution in [3.8, 4) is 0 Å². The molecule has 0 radical (unpaired) electrons. The number of halogens is 1. The van der Waals surface area contributed by atoms with Crippen LogP contribution in [0.2, 0.25) is 0 Å². The highest BCUT2D eigenvalue weighted by atomic mass is 127. The lowest BCUT2D eigenvalue weighted by molar-refractivity contribution is 0.181. The van der Waals surface area contributed by atoms with E-state index in [1.807, 2.05) is 6.07 Å². The van der Waals surface area contributed by atoms with Gasteiger partial charge in [-0.1, -0.05) is 37.3 Å². The maximum Gasteiger partial charge on any atom is 0.191 e. The Hall–Kier alpha value is -1.68. The van der Waals surface area contributed by atoms with Gasteiger partial charge in [0.05, 0.1) is 12.6 Å². The summed E-state index contributed by atoms with van der Waals surface area (Å²) in [4.78, 5) is 7.33. The molecule has 174 valence electrons. The summed E-state index contributed by atoms with van der Waals surface area (Å²) < 4.78 is 2.09. The lowest BCUT2D eigenvalue weighted by atomic mass is 10.1. The number of aryl methyl sites for hydroxylation is 1. The maximum atomic E-state index is 4.87. The second kappa shape index (κ2) is 14.4. The van der Waals surface area contributed by atoms with Crippen molar-refractivity contribution >= 4 is 29.9 Å². The van der Waals surface area contributed by atoms with Crippen molar-refractivity contribution in [2.75, 3.05) is 19.6 Å². The Balaban J connectivity index is 0.00000480. The smallest absolute Gasteiger partial charge is 0.191 e. The van der Waals surface area contributed by atoms with E-state index in [-0.39, 0.29) is 30.0 Å². The lowest BCUT2D eigenvalue weighted by Gasteiger charge is -2.30. The average molecular weight is 542 g/mol. The first-order valence-corrected chi connectivity index (χ1v) is 11.1. The van der Waals surface area contributed by atoms with Gasteiger partial charge in [0.15, 0.2) is 5.96 Å². The molecule has 0 saturated heterocycles. The lowest BCUT2D eigenvalue weighted by Crippen LogP contribution is -2.42. The van der Waals surface area contributed by atoms with Crippen LogP contribution in [0.15, 0.2) is 41.7 Å². The van der Waals surface area contributed by atoms with Crippen LogP contribution in [0.25, 0.3) is 0 Å². The molecule has 7 nitrogen and oxygen atoms in total. The first-order chi connectivity index (χ1) is 14.4. The molecule has 8 heteroatoms. The van der Waals surface area contributed by atoms with Crippen molar-refractivity contribution in [2.24, 2.45) is 4.99 Å². The highest BCUT2D eigenvalue weighted by Gasteiger charge is 2.13. The highest BCUT2D eigenvalue weighted by Crippen LogP contribution is 2.11. The number of aromatic nitrogens is 3. The topological polar surface area (TPSA) is 70.4 Å². The summed E-state index contributed by atoms with van der Waals surface area (Å²) >= 11 is 0. The summed E-state index contributed by atoms with van der Waals surface area (Å²) in [7, 11) is 0. The SMILES string of the molecule is CCc1nncn1CCNC(=NCCN(C(C)C)C(C)C)NC(C)c1ccccc1.I. The van der Waals surface area contributed by atoms with Crippen molar-refractivity contribution in [1.82, 2.24) is 30.3 Å². The molecule has 0 saturated carbocycles. The molecule has 31 heavy (non-hydrogen) atoms. The van der Waals surface area contributed by atoms with Crippen LogP contribution in [-0.4, -0.2) is 57.3 Å². The van der Waals surface area contributed by atoms with Crippen LogP contribution in [0, 0.1) is 0 Å². The van der Waals surface area contributed by atoms with E-state index < -0.39 is 0 Å². The third kappa shape index (κ3) is 9.14. The van der Waals surface area contributed by atoms with Gasteiger partial charge >= 0.3 is 0 Å². The Morgan fingerprint density at radius 3 is 2.39 bits per heavy atom. The fourth-order valence-electron chi connectivity index (χ4n) is 3.61. The van der Waals surface area contributed by atoms with Gasteiger partial charge in [-0.3, -0.25) is 9.89 Å². The standard InChI is InChI=1S/C23H39N7.HI/c1-7-22-28-26-17-29(22)15-13-24-23(25-14-16-30(18(2)3)19(4)5)27-20(6)21-11-9-8-10-12-21;/h8-12,17-20H,7,13-16H2,1-6H3,(H2,24,25,27);1H. The molecule has 1 heterocycles. The Morgan fingerprint density at radius 1 is 1.10 bits per heavy atom. The van der Waals surface area contributed by atoms with Crippen LogP contribution < -0.4 is 10.6 Å². The normalized spacial score (nSPS) is 12.9. The molecule has 1 unspecified atom stereocenters. The zero-order valence-corrected chi connectivity index (χ0v) is 22.2. The average Bonchev–Trinajstić information content (AvgIpc) is 3.18. The first kappa shape index (κ1) is 27.4. The largest absolute Gasteiger partial charge is 0.355 e.